The first-order valence-electron chi connectivity index (χ1n) is 8.28. The Balaban J connectivity index is 2.17. The molecule has 1 atom stereocenters. The molecule has 0 saturated heterocycles. The van der Waals surface area contributed by atoms with E-state index in [4.69, 9.17) is 16.7 Å². The number of imidazole rings is 1. The number of pyridine rings is 1. The van der Waals surface area contributed by atoms with Gasteiger partial charge in [0.2, 0.25) is 0 Å². The van der Waals surface area contributed by atoms with E-state index in [9.17, 15) is 12.8 Å². The van der Waals surface area contributed by atoms with Crippen molar-refractivity contribution in [3.8, 4) is 0 Å². The summed E-state index contributed by atoms with van der Waals surface area (Å²) in [6.45, 7) is 3.14. The summed E-state index contributed by atoms with van der Waals surface area (Å²) < 4.78 is 37.3. The van der Waals surface area contributed by atoms with E-state index in [1.165, 1.54) is 12.1 Å². The van der Waals surface area contributed by atoms with Crippen molar-refractivity contribution in [2.75, 3.05) is 11.9 Å². The zero-order chi connectivity index (χ0) is 20.6. The molecular formula is C18H19ClFN5O2S. The fourth-order valence-corrected chi connectivity index (χ4v) is 3.88. The first-order valence-corrected chi connectivity index (χ1v) is 10.2. The van der Waals surface area contributed by atoms with E-state index in [0.717, 1.165) is 5.56 Å². The molecule has 3 rings (SSSR count). The average molecular weight is 424 g/mol. The molecule has 0 fully saturated rings. The number of primary sulfonamides is 1. The summed E-state index contributed by atoms with van der Waals surface area (Å²) in [5.41, 5.74) is 1.31. The van der Waals surface area contributed by atoms with Crippen LogP contribution in [0.15, 0.2) is 41.4 Å². The van der Waals surface area contributed by atoms with Crippen LogP contribution in [0.2, 0.25) is 5.02 Å². The summed E-state index contributed by atoms with van der Waals surface area (Å²) in [5.74, 6) is 0.409. The number of aromatic amines is 1. The molecule has 0 amide bonds. The number of halogens is 2. The van der Waals surface area contributed by atoms with Crippen LogP contribution in [0.1, 0.15) is 28.8 Å². The van der Waals surface area contributed by atoms with E-state index in [2.05, 4.69) is 15.0 Å². The van der Waals surface area contributed by atoms with Crippen LogP contribution in [-0.2, 0) is 10.0 Å². The largest absolute Gasteiger partial charge is 0.345 e. The summed E-state index contributed by atoms with van der Waals surface area (Å²) >= 11 is 6.15. The molecule has 0 radical (unpaired) electrons. The summed E-state index contributed by atoms with van der Waals surface area (Å²) in [6.07, 6.45) is 0. The number of benzene rings is 1. The maximum Gasteiger partial charge on any atom is 0.257 e. The Labute approximate surface area is 167 Å². The summed E-state index contributed by atoms with van der Waals surface area (Å²) in [6, 6.07) is 9.38. The lowest BCUT2D eigenvalue weighted by Crippen LogP contribution is -2.27. The van der Waals surface area contributed by atoms with Crippen LogP contribution in [0.3, 0.4) is 0 Å². The molecule has 0 spiro atoms. The molecule has 148 valence electrons. The Hall–Kier alpha value is -2.49. The van der Waals surface area contributed by atoms with Crippen molar-refractivity contribution in [3.05, 3.63) is 70.0 Å². The number of anilines is 1. The molecule has 0 aliphatic rings. The highest BCUT2D eigenvalue weighted by Gasteiger charge is 2.27. The molecular weight excluding hydrogens is 405 g/mol. The molecule has 10 heteroatoms. The van der Waals surface area contributed by atoms with Crippen LogP contribution in [-0.4, -0.2) is 30.4 Å². The van der Waals surface area contributed by atoms with Gasteiger partial charge in [-0.2, -0.15) is 0 Å². The van der Waals surface area contributed by atoms with Gasteiger partial charge in [-0.15, -0.1) is 0 Å². The van der Waals surface area contributed by atoms with Gasteiger partial charge in [0.05, 0.1) is 11.4 Å². The lowest BCUT2D eigenvalue weighted by molar-refractivity contribution is 0.593. The number of sulfonamides is 1. The fourth-order valence-electron chi connectivity index (χ4n) is 2.97. The zero-order valence-electron chi connectivity index (χ0n) is 15.4. The minimum Gasteiger partial charge on any atom is -0.345 e. The number of H-pyrrole nitrogens is 1. The molecule has 3 aromatic rings. The number of nitrogens with two attached hydrogens (primary N) is 1. The maximum absolute atomic E-state index is 13.7. The van der Waals surface area contributed by atoms with Gasteiger partial charge in [-0.25, -0.2) is 27.9 Å². The zero-order valence-corrected chi connectivity index (χ0v) is 17.0. The van der Waals surface area contributed by atoms with Gasteiger partial charge in [-0.05, 0) is 43.7 Å². The van der Waals surface area contributed by atoms with Gasteiger partial charge in [0, 0.05) is 12.1 Å². The second-order valence-corrected chi connectivity index (χ2v) is 8.32. The molecule has 28 heavy (non-hydrogen) atoms. The first-order chi connectivity index (χ1) is 13.1. The molecule has 3 N–H and O–H groups in total. The van der Waals surface area contributed by atoms with Crippen LogP contribution in [0, 0.1) is 19.7 Å². The Bertz CT molecular complexity index is 1130. The van der Waals surface area contributed by atoms with Crippen molar-refractivity contribution in [1.82, 2.24) is 15.0 Å². The molecule has 0 bridgehead atoms. The van der Waals surface area contributed by atoms with E-state index in [1.54, 1.807) is 44.0 Å². The van der Waals surface area contributed by atoms with Crippen molar-refractivity contribution in [2.24, 2.45) is 5.14 Å². The summed E-state index contributed by atoms with van der Waals surface area (Å²) in [5, 5.41) is 5.54. The SMILES string of the molecule is Cc1nc(N(C)C(c2cccc(Cl)c2)c2nc(S(N)(=O)=O)c(C)[nH]2)ccc1F. The van der Waals surface area contributed by atoms with Crippen molar-refractivity contribution in [1.29, 1.82) is 0 Å². The van der Waals surface area contributed by atoms with Crippen LogP contribution in [0.25, 0.3) is 0 Å². The number of rotatable bonds is 5. The molecule has 1 aromatic carbocycles. The third kappa shape index (κ3) is 4.01. The van der Waals surface area contributed by atoms with Gasteiger partial charge in [0.15, 0.2) is 5.03 Å². The van der Waals surface area contributed by atoms with E-state index in [-0.39, 0.29) is 10.7 Å². The van der Waals surface area contributed by atoms with Crippen LogP contribution < -0.4 is 10.0 Å². The van der Waals surface area contributed by atoms with Gasteiger partial charge >= 0.3 is 0 Å². The number of nitrogens with zero attached hydrogens (tertiary/aromatic N) is 3. The topological polar surface area (TPSA) is 105 Å². The Morgan fingerprint density at radius 3 is 2.50 bits per heavy atom. The summed E-state index contributed by atoms with van der Waals surface area (Å²) in [7, 11) is -2.24. The van der Waals surface area contributed by atoms with Crippen molar-refractivity contribution in [3.63, 3.8) is 0 Å². The van der Waals surface area contributed by atoms with Gasteiger partial charge in [-0.1, -0.05) is 23.7 Å². The third-order valence-corrected chi connectivity index (χ3v) is 5.48. The predicted molar refractivity (Wildman–Crippen MR) is 105 cm³/mol. The lowest BCUT2D eigenvalue weighted by atomic mass is 10.0. The van der Waals surface area contributed by atoms with E-state index >= 15 is 0 Å². The Morgan fingerprint density at radius 2 is 1.93 bits per heavy atom. The standard InChI is InChI=1S/C18H19ClFN5O2S/c1-10-14(20)7-8-15(22-10)25(3)16(12-5-4-6-13(19)9-12)17-23-11(2)18(24-17)28(21,26)27/h4-9,16H,1-3H3,(H,23,24)(H2,21,26,27). The quantitative estimate of drug-likeness (QED) is 0.656. The number of aromatic nitrogens is 3. The van der Waals surface area contributed by atoms with Crippen LogP contribution >= 0.6 is 11.6 Å². The molecule has 2 heterocycles. The smallest absolute Gasteiger partial charge is 0.257 e. The monoisotopic (exact) mass is 423 g/mol. The number of hydrogen-bond acceptors (Lipinski definition) is 5. The minimum absolute atomic E-state index is 0.230. The molecule has 0 saturated carbocycles. The van der Waals surface area contributed by atoms with Gasteiger partial charge in [0.1, 0.15) is 23.5 Å². The molecule has 0 aliphatic heterocycles. The first kappa shape index (κ1) is 20.2. The van der Waals surface area contributed by atoms with Crippen molar-refractivity contribution < 1.29 is 12.8 Å². The predicted octanol–water partition coefficient (Wildman–Crippen LogP) is 3.09. The van der Waals surface area contributed by atoms with E-state index in [1.807, 2.05) is 6.07 Å². The highest BCUT2D eigenvalue weighted by molar-refractivity contribution is 7.89. The molecule has 1 unspecified atom stereocenters. The second-order valence-electron chi connectivity index (χ2n) is 6.40. The number of aryl methyl sites for hydroxylation is 2. The Morgan fingerprint density at radius 1 is 1.21 bits per heavy atom. The molecule has 0 aliphatic carbocycles. The second kappa shape index (κ2) is 7.50. The average Bonchev–Trinajstić information content (AvgIpc) is 2.99. The normalized spacial score (nSPS) is 12.8. The van der Waals surface area contributed by atoms with E-state index < -0.39 is 21.9 Å². The highest BCUT2D eigenvalue weighted by Crippen LogP contribution is 2.32. The van der Waals surface area contributed by atoms with Crippen molar-refractivity contribution in [2.45, 2.75) is 24.9 Å². The van der Waals surface area contributed by atoms with Crippen LogP contribution in [0.5, 0.6) is 0 Å². The molecule has 2 aromatic heterocycles. The van der Waals surface area contributed by atoms with E-state index in [0.29, 0.717) is 22.4 Å². The van der Waals surface area contributed by atoms with Crippen molar-refractivity contribution >= 4 is 27.4 Å². The Kier molecular flexibility index (Phi) is 5.42. The van der Waals surface area contributed by atoms with Crippen LogP contribution in [0.4, 0.5) is 10.2 Å². The van der Waals surface area contributed by atoms with Gasteiger partial charge in [0.25, 0.3) is 10.0 Å². The minimum atomic E-state index is -3.99. The molecule has 7 nitrogen and oxygen atoms in total. The summed E-state index contributed by atoms with van der Waals surface area (Å²) in [4.78, 5) is 13.2. The highest BCUT2D eigenvalue weighted by atomic mass is 35.5. The number of hydrogen-bond donors (Lipinski definition) is 2. The lowest BCUT2D eigenvalue weighted by Gasteiger charge is -2.28. The third-order valence-electron chi connectivity index (χ3n) is 4.31. The van der Waals surface area contributed by atoms with Gasteiger partial charge in [-0.3, -0.25) is 0 Å². The number of nitrogens with one attached hydrogen (secondary N) is 1. The van der Waals surface area contributed by atoms with Gasteiger partial charge < -0.3 is 9.88 Å². The fraction of sp³-hybridized carbons (Fsp3) is 0.222. The maximum atomic E-state index is 13.7.